The van der Waals surface area contributed by atoms with Crippen LogP contribution in [-0.4, -0.2) is 15.2 Å². The first-order valence-electron chi connectivity index (χ1n) is 5.17. The van der Waals surface area contributed by atoms with E-state index in [2.05, 4.69) is 33.4 Å². The molecule has 2 N–H and O–H groups in total. The maximum absolute atomic E-state index is 3.89. The molecular weight excluding hydrogens is 198 g/mol. The summed E-state index contributed by atoms with van der Waals surface area (Å²) in [6.45, 7) is 0. The van der Waals surface area contributed by atoms with Crippen LogP contribution in [0.1, 0.15) is 11.4 Å². The summed E-state index contributed by atoms with van der Waals surface area (Å²) in [5.41, 5.74) is 3.25. The predicted octanol–water partition coefficient (Wildman–Crippen LogP) is 3.06. The Hall–Kier alpha value is -2.29. The molecule has 0 radical (unpaired) electrons. The number of fused-ring (bicyclic) bond motifs is 1. The number of aromatic nitrogens is 3. The number of aromatic amines is 2. The third kappa shape index (κ3) is 1.63. The van der Waals surface area contributed by atoms with Crippen molar-refractivity contribution < 1.29 is 0 Å². The molecule has 0 spiro atoms. The molecule has 0 amide bonds. The molecule has 3 heteroatoms. The largest absolute Gasteiger partial charge is 0.355 e. The van der Waals surface area contributed by atoms with E-state index < -0.39 is 0 Å². The Kier molecular flexibility index (Phi) is 2.07. The number of hydrogen-bond donors (Lipinski definition) is 2. The van der Waals surface area contributed by atoms with E-state index in [0.29, 0.717) is 0 Å². The third-order valence-electron chi connectivity index (χ3n) is 2.52. The van der Waals surface area contributed by atoms with E-state index in [-0.39, 0.29) is 0 Å². The molecule has 0 atom stereocenters. The molecule has 78 valence electrons. The first-order valence-corrected chi connectivity index (χ1v) is 5.17. The average Bonchev–Trinajstić information content (AvgIpc) is 2.95. The first-order chi connectivity index (χ1) is 7.92. The van der Waals surface area contributed by atoms with Gasteiger partial charge in [-0.3, -0.25) is 5.10 Å². The lowest BCUT2D eigenvalue weighted by molar-refractivity contribution is 1.08. The first kappa shape index (κ1) is 8.97. The number of hydrogen-bond acceptors (Lipinski definition) is 1. The Morgan fingerprint density at radius 2 is 1.88 bits per heavy atom. The normalized spacial score (nSPS) is 11.5. The van der Waals surface area contributed by atoms with Gasteiger partial charge in [0.05, 0.1) is 5.69 Å². The minimum atomic E-state index is 0.999. The second-order valence-corrected chi connectivity index (χ2v) is 3.66. The number of nitrogens with one attached hydrogen (secondary N) is 2. The van der Waals surface area contributed by atoms with Gasteiger partial charge in [-0.1, -0.05) is 18.2 Å². The molecule has 2 aromatic heterocycles. The van der Waals surface area contributed by atoms with Gasteiger partial charge in [-0.05, 0) is 35.7 Å². The second kappa shape index (κ2) is 3.70. The monoisotopic (exact) mass is 209 g/mol. The van der Waals surface area contributed by atoms with Crippen molar-refractivity contribution in [2.45, 2.75) is 0 Å². The number of rotatable bonds is 2. The zero-order valence-corrected chi connectivity index (χ0v) is 8.64. The molecule has 0 bridgehead atoms. The quantitative estimate of drug-likeness (QED) is 0.669. The van der Waals surface area contributed by atoms with Gasteiger partial charge in [0.25, 0.3) is 0 Å². The molecule has 3 nitrogen and oxygen atoms in total. The van der Waals surface area contributed by atoms with Crippen LogP contribution in [0.5, 0.6) is 0 Å². The number of benzene rings is 1. The smallest absolute Gasteiger partial charge is 0.0578 e. The van der Waals surface area contributed by atoms with Crippen molar-refractivity contribution in [1.82, 2.24) is 15.2 Å². The fraction of sp³-hybridized carbons (Fsp3) is 0. The number of para-hydroxylation sites is 1. The minimum absolute atomic E-state index is 0.999. The Balaban J connectivity index is 1.95. The molecule has 3 rings (SSSR count). The van der Waals surface area contributed by atoms with Gasteiger partial charge in [0.2, 0.25) is 0 Å². The lowest BCUT2D eigenvalue weighted by Crippen LogP contribution is -1.72. The third-order valence-corrected chi connectivity index (χ3v) is 2.52. The van der Waals surface area contributed by atoms with E-state index in [4.69, 9.17) is 0 Å². The van der Waals surface area contributed by atoms with E-state index in [1.807, 2.05) is 30.4 Å². The predicted molar refractivity (Wildman–Crippen MR) is 65.8 cm³/mol. The van der Waals surface area contributed by atoms with Gasteiger partial charge in [-0.25, -0.2) is 0 Å². The van der Waals surface area contributed by atoms with Gasteiger partial charge < -0.3 is 4.98 Å². The van der Waals surface area contributed by atoms with Crippen molar-refractivity contribution in [1.29, 1.82) is 0 Å². The molecule has 0 aliphatic rings. The molecule has 2 heterocycles. The van der Waals surface area contributed by atoms with Gasteiger partial charge in [0, 0.05) is 17.4 Å². The van der Waals surface area contributed by atoms with Gasteiger partial charge in [-0.15, -0.1) is 0 Å². The molecule has 16 heavy (non-hydrogen) atoms. The van der Waals surface area contributed by atoms with Crippen LogP contribution < -0.4 is 0 Å². The molecule has 1 aromatic carbocycles. The van der Waals surface area contributed by atoms with Gasteiger partial charge in [0.15, 0.2) is 0 Å². The zero-order chi connectivity index (χ0) is 10.8. The summed E-state index contributed by atoms with van der Waals surface area (Å²) in [7, 11) is 0. The van der Waals surface area contributed by atoms with Crippen LogP contribution >= 0.6 is 0 Å². The summed E-state index contributed by atoms with van der Waals surface area (Å²) in [6, 6.07) is 12.3. The SMILES string of the molecule is C(=C/c1cc2ccccc2[nH]1)/c1ccn[nH]1. The van der Waals surface area contributed by atoms with Gasteiger partial charge in [0.1, 0.15) is 0 Å². The molecule has 0 aliphatic carbocycles. The summed E-state index contributed by atoms with van der Waals surface area (Å²) in [6.07, 6.45) is 5.77. The van der Waals surface area contributed by atoms with E-state index in [9.17, 15) is 0 Å². The lowest BCUT2D eigenvalue weighted by Gasteiger charge is -1.85. The van der Waals surface area contributed by atoms with E-state index in [1.54, 1.807) is 6.20 Å². The van der Waals surface area contributed by atoms with Gasteiger partial charge in [-0.2, -0.15) is 5.10 Å². The van der Waals surface area contributed by atoms with Crippen molar-refractivity contribution in [3.8, 4) is 0 Å². The van der Waals surface area contributed by atoms with Crippen molar-refractivity contribution in [3.63, 3.8) is 0 Å². The molecule has 3 aromatic rings. The van der Waals surface area contributed by atoms with Crippen LogP contribution in [0.4, 0.5) is 0 Å². The average molecular weight is 209 g/mol. The van der Waals surface area contributed by atoms with Gasteiger partial charge >= 0.3 is 0 Å². The van der Waals surface area contributed by atoms with Crippen LogP contribution in [0.3, 0.4) is 0 Å². The summed E-state index contributed by atoms with van der Waals surface area (Å²) in [4.78, 5) is 3.34. The van der Waals surface area contributed by atoms with Crippen LogP contribution in [-0.2, 0) is 0 Å². The molecular formula is C13H11N3. The van der Waals surface area contributed by atoms with Crippen molar-refractivity contribution in [2.75, 3.05) is 0 Å². The highest BCUT2D eigenvalue weighted by Crippen LogP contribution is 2.16. The summed E-state index contributed by atoms with van der Waals surface area (Å²) >= 11 is 0. The Labute approximate surface area is 92.8 Å². The number of H-pyrrole nitrogens is 2. The minimum Gasteiger partial charge on any atom is -0.355 e. The van der Waals surface area contributed by atoms with Crippen molar-refractivity contribution in [2.24, 2.45) is 0 Å². The maximum atomic E-state index is 3.89. The Bertz CT molecular complexity index is 584. The van der Waals surface area contributed by atoms with E-state index >= 15 is 0 Å². The highest BCUT2D eigenvalue weighted by atomic mass is 15.1. The molecule has 0 saturated heterocycles. The number of nitrogens with zero attached hydrogens (tertiary/aromatic N) is 1. The fourth-order valence-corrected chi connectivity index (χ4v) is 1.72. The van der Waals surface area contributed by atoms with Crippen molar-refractivity contribution in [3.05, 3.63) is 54.0 Å². The molecule has 0 saturated carbocycles. The van der Waals surface area contributed by atoms with Crippen molar-refractivity contribution >= 4 is 23.1 Å². The van der Waals surface area contributed by atoms with Crippen LogP contribution in [0.2, 0.25) is 0 Å². The highest BCUT2D eigenvalue weighted by Gasteiger charge is 1.96. The summed E-state index contributed by atoms with van der Waals surface area (Å²) < 4.78 is 0. The standard InChI is InChI=1S/C13H11N3/c1-2-4-13-10(3-1)9-12(15-13)6-5-11-7-8-14-16-11/h1-9,15H,(H,14,16)/b6-5-. The van der Waals surface area contributed by atoms with Crippen LogP contribution in [0, 0.1) is 0 Å². The van der Waals surface area contributed by atoms with E-state index in [1.165, 1.54) is 5.39 Å². The Morgan fingerprint density at radius 3 is 2.69 bits per heavy atom. The molecule has 0 unspecified atom stereocenters. The fourth-order valence-electron chi connectivity index (χ4n) is 1.72. The maximum Gasteiger partial charge on any atom is 0.0578 e. The highest BCUT2D eigenvalue weighted by molar-refractivity contribution is 5.84. The van der Waals surface area contributed by atoms with E-state index in [0.717, 1.165) is 16.9 Å². The second-order valence-electron chi connectivity index (χ2n) is 3.66. The lowest BCUT2D eigenvalue weighted by atomic mass is 10.2. The Morgan fingerprint density at radius 1 is 1.00 bits per heavy atom. The molecule has 0 aliphatic heterocycles. The van der Waals surface area contributed by atoms with Crippen LogP contribution in [0.25, 0.3) is 23.1 Å². The van der Waals surface area contributed by atoms with Crippen LogP contribution in [0.15, 0.2) is 42.6 Å². The molecule has 0 fully saturated rings. The zero-order valence-electron chi connectivity index (χ0n) is 8.64. The topological polar surface area (TPSA) is 44.5 Å². The summed E-state index contributed by atoms with van der Waals surface area (Å²) in [5, 5.41) is 8.01. The summed E-state index contributed by atoms with van der Waals surface area (Å²) in [5.74, 6) is 0.